The molecule has 7 nitrogen and oxygen atoms in total. The van der Waals surface area contributed by atoms with Crippen LogP contribution in [0, 0.1) is 17.3 Å². The van der Waals surface area contributed by atoms with Gasteiger partial charge in [0.05, 0.1) is 18.4 Å². The number of nitrogens with one attached hydrogen (secondary N) is 2. The zero-order chi connectivity index (χ0) is 18.9. The van der Waals surface area contributed by atoms with Gasteiger partial charge in [-0.05, 0) is 55.6 Å². The van der Waals surface area contributed by atoms with Gasteiger partial charge in [0.1, 0.15) is 0 Å². The van der Waals surface area contributed by atoms with Crippen molar-refractivity contribution < 1.29 is 19.5 Å². The number of amides is 2. The molecule has 0 spiro atoms. The van der Waals surface area contributed by atoms with E-state index in [1.165, 1.54) is 0 Å². The van der Waals surface area contributed by atoms with Gasteiger partial charge in [0.2, 0.25) is 11.8 Å². The van der Waals surface area contributed by atoms with Crippen LogP contribution in [0.4, 0.5) is 11.4 Å². The summed E-state index contributed by atoms with van der Waals surface area (Å²) in [4.78, 5) is 37.7. The molecule has 3 rings (SSSR count). The molecule has 2 aliphatic rings. The molecule has 3 N–H and O–H groups in total. The number of carbonyl (C=O) groups excluding carboxylic acids is 2. The molecule has 0 aromatic heterocycles. The Morgan fingerprint density at radius 2 is 1.58 bits per heavy atom. The summed E-state index contributed by atoms with van der Waals surface area (Å²) in [5.74, 6) is -2.45. The quantitative estimate of drug-likeness (QED) is 0.722. The van der Waals surface area contributed by atoms with Crippen LogP contribution >= 0.6 is 0 Å². The maximum absolute atomic E-state index is 12.3. The molecule has 140 valence electrons. The molecule has 1 aromatic carbocycles. The van der Waals surface area contributed by atoms with E-state index in [1.54, 1.807) is 38.1 Å². The van der Waals surface area contributed by atoms with Crippen LogP contribution in [0.2, 0.25) is 0 Å². The zero-order valence-electron chi connectivity index (χ0n) is 15.1. The van der Waals surface area contributed by atoms with E-state index in [4.69, 9.17) is 0 Å². The number of aliphatic carboxylic acids is 1. The summed E-state index contributed by atoms with van der Waals surface area (Å²) in [6.45, 7) is 5.90. The first-order valence-corrected chi connectivity index (χ1v) is 8.95. The van der Waals surface area contributed by atoms with Crippen molar-refractivity contribution in [3.05, 3.63) is 24.3 Å². The highest BCUT2D eigenvalue weighted by Gasteiger charge is 2.65. The number of carbonyl (C=O) groups is 3. The van der Waals surface area contributed by atoms with Gasteiger partial charge < -0.3 is 15.7 Å². The van der Waals surface area contributed by atoms with Gasteiger partial charge in [0.25, 0.3) is 0 Å². The summed E-state index contributed by atoms with van der Waals surface area (Å²) < 4.78 is 0. The summed E-state index contributed by atoms with van der Waals surface area (Å²) >= 11 is 0. The van der Waals surface area contributed by atoms with Crippen LogP contribution in [0.15, 0.2) is 24.3 Å². The second-order valence-corrected chi connectivity index (χ2v) is 7.71. The highest BCUT2D eigenvalue weighted by molar-refractivity contribution is 6.00. The topological polar surface area (TPSA) is 98.7 Å². The average molecular weight is 359 g/mol. The Hall–Kier alpha value is -2.41. The van der Waals surface area contributed by atoms with Gasteiger partial charge in [-0.25, -0.2) is 0 Å². The van der Waals surface area contributed by atoms with Crippen molar-refractivity contribution in [1.82, 2.24) is 4.90 Å². The van der Waals surface area contributed by atoms with E-state index >= 15 is 0 Å². The number of hydrogen-bond donors (Lipinski definition) is 3. The molecule has 1 saturated heterocycles. The van der Waals surface area contributed by atoms with Crippen molar-refractivity contribution in [2.75, 3.05) is 30.3 Å². The SMILES string of the molecule is CC1(C)[C@H](C(=O)O)[C@H]1C(=O)Nc1ccc(NC(=O)CN2CCCC2)cc1. The predicted molar refractivity (Wildman–Crippen MR) is 97.8 cm³/mol. The van der Waals surface area contributed by atoms with Crippen LogP contribution in [-0.4, -0.2) is 47.4 Å². The minimum absolute atomic E-state index is 0.0484. The van der Waals surface area contributed by atoms with Gasteiger partial charge in [-0.1, -0.05) is 13.8 Å². The first-order valence-electron chi connectivity index (χ1n) is 8.95. The first kappa shape index (κ1) is 18.4. The lowest BCUT2D eigenvalue weighted by atomic mass is 10.1. The van der Waals surface area contributed by atoms with E-state index in [-0.39, 0.29) is 11.8 Å². The third-order valence-corrected chi connectivity index (χ3v) is 5.38. The van der Waals surface area contributed by atoms with Crippen molar-refractivity contribution >= 4 is 29.2 Å². The van der Waals surface area contributed by atoms with Gasteiger partial charge >= 0.3 is 5.97 Å². The van der Waals surface area contributed by atoms with Crippen LogP contribution in [0.3, 0.4) is 0 Å². The molecular formula is C19H25N3O4. The molecule has 2 amide bonds. The van der Waals surface area contributed by atoms with E-state index in [0.717, 1.165) is 25.9 Å². The van der Waals surface area contributed by atoms with Crippen molar-refractivity contribution in [1.29, 1.82) is 0 Å². The number of likely N-dealkylation sites (tertiary alicyclic amines) is 1. The molecular weight excluding hydrogens is 334 g/mol. The minimum atomic E-state index is -0.939. The van der Waals surface area contributed by atoms with Crippen molar-refractivity contribution in [2.45, 2.75) is 26.7 Å². The van der Waals surface area contributed by atoms with Crippen molar-refractivity contribution in [3.63, 3.8) is 0 Å². The molecule has 1 aromatic rings. The molecule has 0 unspecified atom stereocenters. The molecule has 0 bridgehead atoms. The molecule has 2 atom stereocenters. The molecule has 1 saturated carbocycles. The molecule has 2 fully saturated rings. The summed E-state index contributed by atoms with van der Waals surface area (Å²) in [6.07, 6.45) is 2.28. The van der Waals surface area contributed by atoms with E-state index in [0.29, 0.717) is 17.9 Å². The lowest BCUT2D eigenvalue weighted by Gasteiger charge is -2.14. The number of nitrogens with zero attached hydrogens (tertiary/aromatic N) is 1. The fraction of sp³-hybridized carbons (Fsp3) is 0.526. The number of carboxylic acids is 1. The summed E-state index contributed by atoms with van der Waals surface area (Å²) in [5, 5.41) is 14.8. The first-order chi connectivity index (χ1) is 12.3. The maximum Gasteiger partial charge on any atom is 0.307 e. The number of carboxylic acid groups (broad SMARTS) is 1. The fourth-order valence-electron chi connectivity index (χ4n) is 3.79. The second kappa shape index (κ2) is 7.07. The highest BCUT2D eigenvalue weighted by Crippen LogP contribution is 2.58. The molecule has 7 heteroatoms. The molecule has 1 heterocycles. The van der Waals surface area contributed by atoms with Gasteiger partial charge in [-0.15, -0.1) is 0 Å². The van der Waals surface area contributed by atoms with Gasteiger partial charge in [-0.3, -0.25) is 19.3 Å². The number of rotatable bonds is 6. The van der Waals surface area contributed by atoms with Crippen LogP contribution in [-0.2, 0) is 14.4 Å². The summed E-state index contributed by atoms with van der Waals surface area (Å²) in [5.41, 5.74) is 0.723. The maximum atomic E-state index is 12.3. The van der Waals surface area contributed by atoms with Crippen molar-refractivity contribution in [2.24, 2.45) is 17.3 Å². The number of hydrogen-bond acceptors (Lipinski definition) is 4. The van der Waals surface area contributed by atoms with E-state index in [2.05, 4.69) is 15.5 Å². The van der Waals surface area contributed by atoms with E-state index in [1.807, 2.05) is 0 Å². The molecule has 1 aliphatic carbocycles. The van der Waals surface area contributed by atoms with Gasteiger partial charge in [0, 0.05) is 11.4 Å². The Bertz CT molecular complexity index is 708. The Morgan fingerprint density at radius 3 is 2.08 bits per heavy atom. The van der Waals surface area contributed by atoms with Crippen LogP contribution in [0.5, 0.6) is 0 Å². The van der Waals surface area contributed by atoms with Crippen molar-refractivity contribution in [3.8, 4) is 0 Å². The standard InChI is InChI=1S/C19H25N3O4/c1-19(2)15(16(19)18(25)26)17(24)21-13-7-5-12(6-8-13)20-14(23)11-22-9-3-4-10-22/h5-8,15-16H,3-4,9-11H2,1-2H3,(H,20,23)(H,21,24)(H,25,26)/t15-,16-/m0/s1. The molecule has 1 aliphatic heterocycles. The Kier molecular flexibility index (Phi) is 5.00. The van der Waals surface area contributed by atoms with Gasteiger partial charge in [-0.2, -0.15) is 0 Å². The summed E-state index contributed by atoms with van der Waals surface area (Å²) in [7, 11) is 0. The lowest BCUT2D eigenvalue weighted by molar-refractivity contribution is -0.140. The predicted octanol–water partition coefficient (Wildman–Crippen LogP) is 2.02. The molecule has 0 radical (unpaired) electrons. The smallest absolute Gasteiger partial charge is 0.307 e. The van der Waals surface area contributed by atoms with E-state index in [9.17, 15) is 19.5 Å². The van der Waals surface area contributed by atoms with E-state index < -0.39 is 23.2 Å². The van der Waals surface area contributed by atoms with Crippen LogP contribution < -0.4 is 10.6 Å². The number of anilines is 2. The third kappa shape index (κ3) is 3.88. The summed E-state index contributed by atoms with van der Waals surface area (Å²) in [6, 6.07) is 6.86. The highest BCUT2D eigenvalue weighted by atomic mass is 16.4. The average Bonchev–Trinajstić information content (AvgIpc) is 2.90. The molecule has 26 heavy (non-hydrogen) atoms. The third-order valence-electron chi connectivity index (χ3n) is 5.38. The Morgan fingerprint density at radius 1 is 1.04 bits per heavy atom. The normalized spacial score (nSPS) is 24.1. The Balaban J connectivity index is 1.52. The number of benzene rings is 1. The zero-order valence-corrected chi connectivity index (χ0v) is 15.1. The fourth-order valence-corrected chi connectivity index (χ4v) is 3.79. The monoisotopic (exact) mass is 359 g/mol. The van der Waals surface area contributed by atoms with Crippen LogP contribution in [0.25, 0.3) is 0 Å². The lowest BCUT2D eigenvalue weighted by Crippen LogP contribution is -2.30. The van der Waals surface area contributed by atoms with Gasteiger partial charge in [0.15, 0.2) is 0 Å². The second-order valence-electron chi connectivity index (χ2n) is 7.71. The Labute approximate surface area is 152 Å². The van der Waals surface area contributed by atoms with Crippen LogP contribution in [0.1, 0.15) is 26.7 Å². The largest absolute Gasteiger partial charge is 0.481 e. The minimum Gasteiger partial charge on any atom is -0.481 e.